The highest BCUT2D eigenvalue weighted by Gasteiger charge is 2.21. The highest BCUT2D eigenvalue weighted by atomic mass is 16.5. The smallest absolute Gasteiger partial charge is 0.337 e. The van der Waals surface area contributed by atoms with Gasteiger partial charge in [-0.2, -0.15) is 0 Å². The molecule has 0 saturated carbocycles. The molecule has 1 aromatic carbocycles. The van der Waals surface area contributed by atoms with Crippen LogP contribution in [0.3, 0.4) is 0 Å². The highest BCUT2D eigenvalue weighted by molar-refractivity contribution is 5.96. The molecule has 0 aromatic heterocycles. The first kappa shape index (κ1) is 13.5. The molecule has 1 saturated heterocycles. The van der Waals surface area contributed by atoms with Crippen LogP contribution < -0.4 is 5.73 Å². The van der Waals surface area contributed by atoms with Crippen molar-refractivity contribution >= 4 is 11.9 Å². The van der Waals surface area contributed by atoms with Crippen molar-refractivity contribution < 1.29 is 14.3 Å². The minimum Gasteiger partial charge on any atom is -0.465 e. The molecule has 0 spiro atoms. The minimum atomic E-state index is -0.400. The van der Waals surface area contributed by atoms with Gasteiger partial charge < -0.3 is 15.4 Å². The van der Waals surface area contributed by atoms with Crippen LogP contribution in [0, 0.1) is 0 Å². The van der Waals surface area contributed by atoms with E-state index in [0.29, 0.717) is 24.2 Å². The van der Waals surface area contributed by atoms with Gasteiger partial charge in [0, 0.05) is 24.7 Å². The molecule has 0 radical (unpaired) electrons. The molecule has 1 fully saturated rings. The van der Waals surface area contributed by atoms with Crippen molar-refractivity contribution in [3.63, 3.8) is 0 Å². The minimum absolute atomic E-state index is 0.0108. The summed E-state index contributed by atoms with van der Waals surface area (Å²) in [6.07, 6.45) is 1.68. The van der Waals surface area contributed by atoms with Gasteiger partial charge in [-0.1, -0.05) is 0 Å². The lowest BCUT2D eigenvalue weighted by Gasteiger charge is -2.30. The third-order valence-corrected chi connectivity index (χ3v) is 3.38. The molecule has 0 aliphatic carbocycles. The number of ether oxygens (including phenoxy) is 1. The van der Waals surface area contributed by atoms with Crippen LogP contribution in [-0.4, -0.2) is 43.0 Å². The van der Waals surface area contributed by atoms with E-state index in [1.54, 1.807) is 29.2 Å². The number of piperidine rings is 1. The number of nitrogens with two attached hydrogens (primary N) is 1. The maximum absolute atomic E-state index is 12.2. The standard InChI is InChI=1S/C14H18N2O3/c1-19-14(18)11-4-2-10(3-5-11)13(17)16-8-6-12(15)7-9-16/h2-5,12H,6-9,15H2,1H3. The van der Waals surface area contributed by atoms with Crippen molar-refractivity contribution in [1.29, 1.82) is 0 Å². The maximum Gasteiger partial charge on any atom is 0.337 e. The number of amides is 1. The van der Waals surface area contributed by atoms with E-state index in [1.165, 1.54) is 7.11 Å². The lowest BCUT2D eigenvalue weighted by atomic mass is 10.0. The summed E-state index contributed by atoms with van der Waals surface area (Å²) in [6.45, 7) is 1.39. The van der Waals surface area contributed by atoms with Crippen molar-refractivity contribution in [1.82, 2.24) is 4.90 Å². The molecule has 0 bridgehead atoms. The van der Waals surface area contributed by atoms with E-state index in [0.717, 1.165) is 12.8 Å². The second-order valence-electron chi connectivity index (χ2n) is 4.70. The van der Waals surface area contributed by atoms with Crippen molar-refractivity contribution in [3.05, 3.63) is 35.4 Å². The monoisotopic (exact) mass is 262 g/mol. The molecular formula is C14H18N2O3. The summed E-state index contributed by atoms with van der Waals surface area (Å²) in [7, 11) is 1.33. The van der Waals surface area contributed by atoms with Gasteiger partial charge in [-0.05, 0) is 37.1 Å². The summed E-state index contributed by atoms with van der Waals surface area (Å²) in [5.41, 5.74) is 6.85. The van der Waals surface area contributed by atoms with Crippen molar-refractivity contribution in [2.45, 2.75) is 18.9 Å². The van der Waals surface area contributed by atoms with Gasteiger partial charge in [0.2, 0.25) is 0 Å². The molecule has 1 amide bonds. The third kappa shape index (κ3) is 3.12. The van der Waals surface area contributed by atoms with Crippen LogP contribution >= 0.6 is 0 Å². The van der Waals surface area contributed by atoms with Gasteiger partial charge >= 0.3 is 5.97 Å². The zero-order valence-corrected chi connectivity index (χ0v) is 11.0. The second-order valence-corrected chi connectivity index (χ2v) is 4.70. The van der Waals surface area contributed by atoms with E-state index >= 15 is 0 Å². The lowest BCUT2D eigenvalue weighted by molar-refractivity contribution is 0.0599. The normalized spacial score (nSPS) is 16.2. The number of esters is 1. The fourth-order valence-corrected chi connectivity index (χ4v) is 2.15. The average molecular weight is 262 g/mol. The van der Waals surface area contributed by atoms with Gasteiger partial charge in [0.25, 0.3) is 5.91 Å². The van der Waals surface area contributed by atoms with Gasteiger partial charge in [-0.15, -0.1) is 0 Å². The molecule has 5 nitrogen and oxygen atoms in total. The lowest BCUT2D eigenvalue weighted by Crippen LogP contribution is -2.42. The van der Waals surface area contributed by atoms with Crippen molar-refractivity contribution in [2.24, 2.45) is 5.73 Å². The summed E-state index contributed by atoms with van der Waals surface area (Å²) >= 11 is 0. The fourth-order valence-electron chi connectivity index (χ4n) is 2.15. The highest BCUT2D eigenvalue weighted by Crippen LogP contribution is 2.13. The molecule has 2 rings (SSSR count). The molecule has 1 aliphatic rings. The summed E-state index contributed by atoms with van der Waals surface area (Å²) < 4.78 is 4.62. The van der Waals surface area contributed by atoms with Crippen LogP contribution in [0.1, 0.15) is 33.6 Å². The summed E-state index contributed by atoms with van der Waals surface area (Å²) in [6, 6.07) is 6.72. The average Bonchev–Trinajstić information content (AvgIpc) is 2.46. The van der Waals surface area contributed by atoms with E-state index in [1.807, 2.05) is 0 Å². The number of nitrogens with zero attached hydrogens (tertiary/aromatic N) is 1. The molecule has 2 N–H and O–H groups in total. The molecule has 1 heterocycles. The van der Waals surface area contributed by atoms with E-state index < -0.39 is 5.97 Å². The number of benzene rings is 1. The Kier molecular flexibility index (Phi) is 4.16. The zero-order valence-electron chi connectivity index (χ0n) is 11.0. The Morgan fingerprint density at radius 1 is 1.16 bits per heavy atom. The van der Waals surface area contributed by atoms with Crippen LogP contribution in [0.4, 0.5) is 0 Å². The number of carbonyl (C=O) groups is 2. The Bertz CT molecular complexity index is 462. The Hall–Kier alpha value is -1.88. The number of hydrogen-bond donors (Lipinski definition) is 1. The number of likely N-dealkylation sites (tertiary alicyclic amines) is 1. The third-order valence-electron chi connectivity index (χ3n) is 3.38. The van der Waals surface area contributed by atoms with E-state index in [9.17, 15) is 9.59 Å². The summed E-state index contributed by atoms with van der Waals surface area (Å²) in [4.78, 5) is 25.3. The van der Waals surface area contributed by atoms with E-state index in [2.05, 4.69) is 4.74 Å². The Labute approximate surface area is 112 Å². The molecule has 1 aromatic rings. The Morgan fingerprint density at radius 3 is 2.21 bits per heavy atom. The van der Waals surface area contributed by atoms with Gasteiger partial charge in [0.05, 0.1) is 12.7 Å². The molecule has 0 atom stereocenters. The van der Waals surface area contributed by atoms with E-state index in [-0.39, 0.29) is 11.9 Å². The fraction of sp³-hybridized carbons (Fsp3) is 0.429. The van der Waals surface area contributed by atoms with Gasteiger partial charge in [-0.25, -0.2) is 4.79 Å². The van der Waals surface area contributed by atoms with Crippen LogP contribution in [0.5, 0.6) is 0 Å². The molecule has 102 valence electrons. The predicted molar refractivity (Wildman–Crippen MR) is 70.9 cm³/mol. The number of hydrogen-bond acceptors (Lipinski definition) is 4. The van der Waals surface area contributed by atoms with Crippen LogP contribution in [0.2, 0.25) is 0 Å². The summed E-state index contributed by atoms with van der Waals surface area (Å²) in [5, 5.41) is 0. The SMILES string of the molecule is COC(=O)c1ccc(C(=O)N2CCC(N)CC2)cc1. The quantitative estimate of drug-likeness (QED) is 0.808. The largest absolute Gasteiger partial charge is 0.465 e. The second kappa shape index (κ2) is 5.84. The van der Waals surface area contributed by atoms with Crippen LogP contribution in [0.25, 0.3) is 0 Å². The predicted octanol–water partition coefficient (Wildman–Crippen LogP) is 1.04. The van der Waals surface area contributed by atoms with E-state index in [4.69, 9.17) is 5.73 Å². The van der Waals surface area contributed by atoms with Gasteiger partial charge in [0.15, 0.2) is 0 Å². The zero-order chi connectivity index (χ0) is 13.8. The maximum atomic E-state index is 12.2. The van der Waals surface area contributed by atoms with Crippen molar-refractivity contribution in [3.8, 4) is 0 Å². The first-order valence-corrected chi connectivity index (χ1v) is 6.35. The Morgan fingerprint density at radius 2 is 1.68 bits per heavy atom. The van der Waals surface area contributed by atoms with Gasteiger partial charge in [0.1, 0.15) is 0 Å². The molecule has 19 heavy (non-hydrogen) atoms. The molecular weight excluding hydrogens is 244 g/mol. The van der Waals surface area contributed by atoms with Crippen molar-refractivity contribution in [2.75, 3.05) is 20.2 Å². The Balaban J connectivity index is 2.05. The number of rotatable bonds is 2. The summed E-state index contributed by atoms with van der Waals surface area (Å²) in [5.74, 6) is -0.411. The number of carbonyl (C=O) groups excluding carboxylic acids is 2. The first-order valence-electron chi connectivity index (χ1n) is 6.35. The number of methoxy groups -OCH3 is 1. The van der Waals surface area contributed by atoms with Crippen LogP contribution in [0.15, 0.2) is 24.3 Å². The first-order chi connectivity index (χ1) is 9.11. The molecule has 1 aliphatic heterocycles. The molecule has 0 unspecified atom stereocenters. The van der Waals surface area contributed by atoms with Crippen LogP contribution in [-0.2, 0) is 4.74 Å². The molecule has 5 heteroatoms. The topological polar surface area (TPSA) is 72.6 Å². The van der Waals surface area contributed by atoms with Gasteiger partial charge in [-0.3, -0.25) is 4.79 Å².